The fourth-order valence-corrected chi connectivity index (χ4v) is 3.75. The number of carboxylic acids is 1. The van der Waals surface area contributed by atoms with Crippen LogP contribution >= 0.6 is 11.8 Å². The number of aliphatic carboxylic acids is 1. The van der Waals surface area contributed by atoms with Crippen molar-refractivity contribution in [3.05, 3.63) is 0 Å². The summed E-state index contributed by atoms with van der Waals surface area (Å²) in [6.45, 7) is 3.94. The van der Waals surface area contributed by atoms with E-state index in [0.717, 1.165) is 19.3 Å². The zero-order chi connectivity index (χ0) is 12.6. The summed E-state index contributed by atoms with van der Waals surface area (Å²) < 4.78 is 0. The van der Waals surface area contributed by atoms with Gasteiger partial charge < -0.3 is 10.0 Å². The fraction of sp³-hybridized carbons (Fsp3) is 0.833. The van der Waals surface area contributed by atoms with E-state index in [4.69, 9.17) is 0 Å². The second-order valence-electron chi connectivity index (χ2n) is 4.92. The predicted molar refractivity (Wildman–Crippen MR) is 66.7 cm³/mol. The van der Waals surface area contributed by atoms with Crippen molar-refractivity contribution in [1.82, 2.24) is 4.90 Å². The van der Waals surface area contributed by atoms with Crippen molar-refractivity contribution < 1.29 is 14.7 Å². The van der Waals surface area contributed by atoms with Gasteiger partial charge in [0.2, 0.25) is 5.91 Å². The van der Waals surface area contributed by atoms with Crippen LogP contribution in [0.3, 0.4) is 0 Å². The van der Waals surface area contributed by atoms with E-state index in [1.165, 1.54) is 0 Å². The van der Waals surface area contributed by atoms with Crippen LogP contribution in [0.2, 0.25) is 0 Å². The molecule has 4 nitrogen and oxygen atoms in total. The van der Waals surface area contributed by atoms with E-state index < -0.39 is 12.0 Å². The third-order valence-corrected chi connectivity index (χ3v) is 5.15. The molecule has 1 aliphatic carbocycles. The van der Waals surface area contributed by atoms with Gasteiger partial charge in [0.1, 0.15) is 6.04 Å². The molecule has 1 saturated heterocycles. The minimum absolute atomic E-state index is 0.00963. The number of amides is 1. The Kier molecular flexibility index (Phi) is 3.66. The first kappa shape index (κ1) is 12.7. The van der Waals surface area contributed by atoms with Crippen LogP contribution in [0.1, 0.15) is 33.1 Å². The molecule has 17 heavy (non-hydrogen) atoms. The number of carbonyl (C=O) groups excluding carboxylic acids is 1. The zero-order valence-corrected chi connectivity index (χ0v) is 11.1. The standard InChI is InChI=1S/C12H19NO3S/c1-3-10-13(9(6-17-10)12(15)16)11(14)7(2)8-4-5-8/h7-10H,3-6H2,1-2H3,(H,15,16). The molecule has 0 spiro atoms. The van der Waals surface area contributed by atoms with E-state index >= 15 is 0 Å². The SMILES string of the molecule is CCC1SCC(C(=O)O)N1C(=O)C(C)C1CC1. The van der Waals surface area contributed by atoms with Gasteiger partial charge in [-0.05, 0) is 25.2 Å². The Morgan fingerprint density at radius 1 is 1.47 bits per heavy atom. The van der Waals surface area contributed by atoms with E-state index in [-0.39, 0.29) is 17.2 Å². The first-order chi connectivity index (χ1) is 8.06. The fourth-order valence-electron chi connectivity index (χ4n) is 2.40. The molecule has 2 aliphatic rings. The molecule has 3 atom stereocenters. The van der Waals surface area contributed by atoms with Crippen LogP contribution < -0.4 is 0 Å². The van der Waals surface area contributed by atoms with Gasteiger partial charge in [-0.15, -0.1) is 11.8 Å². The number of hydrogen-bond donors (Lipinski definition) is 1. The summed E-state index contributed by atoms with van der Waals surface area (Å²) in [5, 5.41) is 9.22. The van der Waals surface area contributed by atoms with Gasteiger partial charge in [0.05, 0.1) is 5.37 Å². The van der Waals surface area contributed by atoms with Crippen molar-refractivity contribution in [3.63, 3.8) is 0 Å². The Morgan fingerprint density at radius 3 is 2.59 bits per heavy atom. The van der Waals surface area contributed by atoms with Gasteiger partial charge >= 0.3 is 5.97 Å². The van der Waals surface area contributed by atoms with Crippen molar-refractivity contribution in [2.75, 3.05) is 5.75 Å². The molecule has 1 aliphatic heterocycles. The monoisotopic (exact) mass is 257 g/mol. The summed E-state index contributed by atoms with van der Waals surface area (Å²) in [5.74, 6) is 0.169. The Balaban J connectivity index is 2.12. The zero-order valence-electron chi connectivity index (χ0n) is 10.3. The number of rotatable bonds is 4. The molecule has 2 rings (SSSR count). The van der Waals surface area contributed by atoms with E-state index in [0.29, 0.717) is 11.7 Å². The van der Waals surface area contributed by atoms with Gasteiger partial charge in [0.25, 0.3) is 0 Å². The Morgan fingerprint density at radius 2 is 2.12 bits per heavy atom. The quantitative estimate of drug-likeness (QED) is 0.834. The number of carbonyl (C=O) groups is 2. The van der Waals surface area contributed by atoms with Crippen LogP contribution in [0.25, 0.3) is 0 Å². The molecule has 1 amide bonds. The predicted octanol–water partition coefficient (Wildman–Crippen LogP) is 1.80. The van der Waals surface area contributed by atoms with Crippen LogP contribution in [0.4, 0.5) is 0 Å². The molecule has 1 heterocycles. The second kappa shape index (κ2) is 4.88. The number of hydrogen-bond acceptors (Lipinski definition) is 3. The molecular formula is C12H19NO3S. The number of carboxylic acid groups (broad SMARTS) is 1. The van der Waals surface area contributed by atoms with Crippen LogP contribution in [-0.2, 0) is 9.59 Å². The molecular weight excluding hydrogens is 238 g/mol. The number of nitrogens with zero attached hydrogens (tertiary/aromatic N) is 1. The lowest BCUT2D eigenvalue weighted by Crippen LogP contribution is -2.47. The van der Waals surface area contributed by atoms with Gasteiger partial charge in [-0.1, -0.05) is 13.8 Å². The van der Waals surface area contributed by atoms with Crippen LogP contribution in [0.5, 0.6) is 0 Å². The maximum absolute atomic E-state index is 12.4. The molecule has 5 heteroatoms. The highest BCUT2D eigenvalue weighted by atomic mass is 32.2. The highest BCUT2D eigenvalue weighted by molar-refractivity contribution is 8.00. The minimum Gasteiger partial charge on any atom is -0.480 e. The lowest BCUT2D eigenvalue weighted by Gasteiger charge is -2.29. The molecule has 1 N–H and O–H groups in total. The van der Waals surface area contributed by atoms with E-state index in [9.17, 15) is 14.7 Å². The first-order valence-corrected chi connectivity index (χ1v) is 7.27. The van der Waals surface area contributed by atoms with Crippen LogP contribution in [-0.4, -0.2) is 39.1 Å². The summed E-state index contributed by atoms with van der Waals surface area (Å²) in [5.41, 5.74) is 0. The van der Waals surface area contributed by atoms with Crippen molar-refractivity contribution >= 4 is 23.6 Å². The normalized spacial score (nSPS) is 30.4. The van der Waals surface area contributed by atoms with E-state index in [1.807, 2.05) is 13.8 Å². The highest BCUT2D eigenvalue weighted by Gasteiger charge is 2.44. The molecule has 0 aromatic rings. The third kappa shape index (κ3) is 2.44. The van der Waals surface area contributed by atoms with Crippen LogP contribution in [0.15, 0.2) is 0 Å². The van der Waals surface area contributed by atoms with Gasteiger partial charge in [0.15, 0.2) is 0 Å². The second-order valence-corrected chi connectivity index (χ2v) is 6.13. The maximum Gasteiger partial charge on any atom is 0.327 e. The molecule has 2 fully saturated rings. The Labute approximate surface area is 106 Å². The average molecular weight is 257 g/mol. The lowest BCUT2D eigenvalue weighted by atomic mass is 10.0. The lowest BCUT2D eigenvalue weighted by molar-refractivity contribution is -0.151. The summed E-state index contributed by atoms with van der Waals surface area (Å²) >= 11 is 1.59. The molecule has 3 unspecified atom stereocenters. The van der Waals surface area contributed by atoms with Crippen molar-refractivity contribution in [1.29, 1.82) is 0 Å². The summed E-state index contributed by atoms with van der Waals surface area (Å²) in [6, 6.07) is -0.626. The Hall–Kier alpha value is -0.710. The van der Waals surface area contributed by atoms with E-state index in [2.05, 4.69) is 0 Å². The average Bonchev–Trinajstić information content (AvgIpc) is 3.05. The van der Waals surface area contributed by atoms with E-state index in [1.54, 1.807) is 16.7 Å². The number of thioether (sulfide) groups is 1. The molecule has 96 valence electrons. The summed E-state index contributed by atoms with van der Waals surface area (Å²) in [6.07, 6.45) is 3.04. The summed E-state index contributed by atoms with van der Waals surface area (Å²) in [7, 11) is 0. The maximum atomic E-state index is 12.4. The highest BCUT2D eigenvalue weighted by Crippen LogP contribution is 2.40. The van der Waals surface area contributed by atoms with Crippen molar-refractivity contribution in [2.24, 2.45) is 11.8 Å². The Bertz CT molecular complexity index is 330. The molecule has 0 aromatic carbocycles. The topological polar surface area (TPSA) is 57.6 Å². The molecule has 1 saturated carbocycles. The largest absolute Gasteiger partial charge is 0.480 e. The van der Waals surface area contributed by atoms with Crippen molar-refractivity contribution in [2.45, 2.75) is 44.5 Å². The summed E-state index contributed by atoms with van der Waals surface area (Å²) in [4.78, 5) is 25.2. The van der Waals surface area contributed by atoms with Gasteiger partial charge in [-0.25, -0.2) is 4.79 Å². The van der Waals surface area contributed by atoms with Gasteiger partial charge in [0, 0.05) is 11.7 Å². The van der Waals surface area contributed by atoms with Crippen LogP contribution in [0, 0.1) is 11.8 Å². The molecule has 0 aromatic heterocycles. The molecule has 0 bridgehead atoms. The van der Waals surface area contributed by atoms with Crippen molar-refractivity contribution in [3.8, 4) is 0 Å². The molecule has 0 radical (unpaired) electrons. The first-order valence-electron chi connectivity index (χ1n) is 6.22. The smallest absolute Gasteiger partial charge is 0.327 e. The van der Waals surface area contributed by atoms with Gasteiger partial charge in [-0.3, -0.25) is 4.79 Å². The third-order valence-electron chi connectivity index (χ3n) is 3.70. The minimum atomic E-state index is -0.871. The van der Waals surface area contributed by atoms with Gasteiger partial charge in [-0.2, -0.15) is 0 Å².